The van der Waals surface area contributed by atoms with Crippen molar-refractivity contribution in [1.82, 2.24) is 4.98 Å². The van der Waals surface area contributed by atoms with E-state index in [0.717, 1.165) is 6.07 Å². The van der Waals surface area contributed by atoms with Crippen LogP contribution in [0.2, 0.25) is 5.15 Å². The van der Waals surface area contributed by atoms with E-state index in [-0.39, 0.29) is 5.15 Å². The summed E-state index contributed by atoms with van der Waals surface area (Å²) in [5.74, 6) is -5.52. The molecule has 2 N–H and O–H groups in total. The van der Waals surface area contributed by atoms with Crippen LogP contribution in [-0.2, 0) is 4.74 Å². The third-order valence-corrected chi connectivity index (χ3v) is 2.42. The molecule has 0 saturated heterocycles. The normalized spacial score (nSPS) is 10.9. The second-order valence-electron chi connectivity index (χ2n) is 3.46. The quantitative estimate of drug-likeness (QED) is 0.512. The molecule has 0 aliphatic rings. The highest BCUT2D eigenvalue weighted by atomic mass is 35.5. The predicted octanol–water partition coefficient (Wildman–Crippen LogP) is 2.20. The first-order valence-corrected chi connectivity index (χ1v) is 5.28. The molecule has 8 heteroatoms. The lowest BCUT2D eigenvalue weighted by Crippen LogP contribution is -2.33. The van der Waals surface area contributed by atoms with Gasteiger partial charge in [-0.15, -0.1) is 0 Å². The first kappa shape index (κ1) is 15.0. The number of nitrogens with zero attached hydrogens (tertiary/aromatic N) is 1. The maximum Gasteiger partial charge on any atom is 0.404 e. The highest BCUT2D eigenvalue weighted by molar-refractivity contribution is 6.33. The van der Waals surface area contributed by atoms with Crippen LogP contribution in [0.25, 0.3) is 0 Å². The smallest absolute Gasteiger partial charge is 0.404 e. The summed E-state index contributed by atoms with van der Waals surface area (Å²) in [5.41, 5.74) is 3.28. The largest absolute Gasteiger partial charge is 0.445 e. The van der Waals surface area contributed by atoms with Gasteiger partial charge in [0.25, 0.3) is 0 Å². The van der Waals surface area contributed by atoms with Gasteiger partial charge in [-0.2, -0.15) is 8.78 Å². The molecule has 102 valence electrons. The summed E-state index contributed by atoms with van der Waals surface area (Å²) in [4.78, 5) is 25.5. The number of amides is 1. The molecule has 1 aromatic heterocycles. The fraction of sp³-hybridized carbons (Fsp3) is 0.182. The van der Waals surface area contributed by atoms with Crippen molar-refractivity contribution in [2.45, 2.75) is 5.92 Å². The molecule has 0 fully saturated rings. The van der Waals surface area contributed by atoms with Crippen LogP contribution in [-0.4, -0.2) is 29.4 Å². The molecule has 0 radical (unpaired) electrons. The van der Waals surface area contributed by atoms with E-state index in [1.54, 1.807) is 0 Å². The summed E-state index contributed by atoms with van der Waals surface area (Å²) in [7, 11) is 0. The number of alkyl halides is 2. The van der Waals surface area contributed by atoms with Crippen LogP contribution in [0.1, 0.15) is 10.4 Å². The van der Waals surface area contributed by atoms with Crippen molar-refractivity contribution in [2.24, 2.45) is 5.73 Å². The molecule has 0 atom stereocenters. The Labute approximate surface area is 112 Å². The van der Waals surface area contributed by atoms with Gasteiger partial charge in [-0.3, -0.25) is 4.79 Å². The predicted molar refractivity (Wildman–Crippen MR) is 63.2 cm³/mol. The Bertz CT molecular complexity index is 534. The van der Waals surface area contributed by atoms with Crippen LogP contribution < -0.4 is 5.73 Å². The standard InChI is InChI=1S/C11H9ClF2N2O3/c1-6(5-19-10(15)18)11(13,14)8(17)7-3-2-4-16-9(7)12/h2-4H,1,5H2,(H2,15,18). The number of nitrogens with two attached hydrogens (primary N) is 1. The lowest BCUT2D eigenvalue weighted by atomic mass is 10.0. The number of Topliss-reactive ketones (excluding diaryl/α,β-unsaturated/α-hetero) is 1. The van der Waals surface area contributed by atoms with Crippen molar-refractivity contribution in [3.8, 4) is 0 Å². The summed E-state index contributed by atoms with van der Waals surface area (Å²) in [6.45, 7) is 2.14. The van der Waals surface area contributed by atoms with Crippen LogP contribution in [0.4, 0.5) is 13.6 Å². The van der Waals surface area contributed by atoms with Gasteiger partial charge in [-0.25, -0.2) is 9.78 Å². The van der Waals surface area contributed by atoms with Crippen molar-refractivity contribution in [3.05, 3.63) is 41.2 Å². The number of carbonyl (C=O) groups is 2. The van der Waals surface area contributed by atoms with Crippen molar-refractivity contribution < 1.29 is 23.1 Å². The zero-order chi connectivity index (χ0) is 14.6. The molecule has 0 bridgehead atoms. The molecule has 1 amide bonds. The van der Waals surface area contributed by atoms with Gasteiger partial charge < -0.3 is 10.5 Å². The average molecular weight is 291 g/mol. The molecule has 0 aliphatic carbocycles. The lowest BCUT2D eigenvalue weighted by Gasteiger charge is -2.17. The highest BCUT2D eigenvalue weighted by Gasteiger charge is 2.43. The second kappa shape index (κ2) is 5.75. The first-order valence-electron chi connectivity index (χ1n) is 4.90. The van der Waals surface area contributed by atoms with Crippen LogP contribution in [0.5, 0.6) is 0 Å². The maximum absolute atomic E-state index is 13.8. The number of rotatable bonds is 5. The third kappa shape index (κ3) is 3.47. The Morgan fingerprint density at radius 2 is 2.16 bits per heavy atom. The Morgan fingerprint density at radius 1 is 1.53 bits per heavy atom. The van der Waals surface area contributed by atoms with E-state index in [9.17, 15) is 18.4 Å². The Hall–Kier alpha value is -2.02. The van der Waals surface area contributed by atoms with Crippen molar-refractivity contribution in [2.75, 3.05) is 6.61 Å². The molecule has 0 saturated carbocycles. The van der Waals surface area contributed by atoms with E-state index < -0.39 is 35.5 Å². The van der Waals surface area contributed by atoms with E-state index in [1.807, 2.05) is 0 Å². The number of pyridine rings is 1. The molecule has 0 aliphatic heterocycles. The lowest BCUT2D eigenvalue weighted by molar-refractivity contribution is 0.0258. The van der Waals surface area contributed by atoms with E-state index >= 15 is 0 Å². The zero-order valence-corrected chi connectivity index (χ0v) is 10.3. The summed E-state index contributed by atoms with van der Waals surface area (Å²) < 4.78 is 31.7. The summed E-state index contributed by atoms with van der Waals surface area (Å²) in [6.07, 6.45) is 0.00579. The number of hydrogen-bond donors (Lipinski definition) is 1. The molecular weight excluding hydrogens is 282 g/mol. The third-order valence-electron chi connectivity index (χ3n) is 2.12. The molecular formula is C11H9ClF2N2O3. The number of halogens is 3. The zero-order valence-electron chi connectivity index (χ0n) is 9.53. The summed E-state index contributed by atoms with van der Waals surface area (Å²) in [6, 6.07) is 2.39. The molecule has 0 aromatic carbocycles. The number of ketones is 1. The monoisotopic (exact) mass is 290 g/mol. The Morgan fingerprint density at radius 3 is 2.68 bits per heavy atom. The SMILES string of the molecule is C=C(COC(N)=O)C(F)(F)C(=O)c1cccnc1Cl. The summed E-state index contributed by atoms with van der Waals surface area (Å²) in [5, 5.41) is -0.351. The minimum absolute atomic E-state index is 0.351. The van der Waals surface area contributed by atoms with Gasteiger partial charge in [0.2, 0.25) is 5.78 Å². The molecule has 1 heterocycles. The highest BCUT2D eigenvalue weighted by Crippen LogP contribution is 2.29. The van der Waals surface area contributed by atoms with Gasteiger partial charge in [0, 0.05) is 11.8 Å². The average Bonchev–Trinajstić information content (AvgIpc) is 2.35. The van der Waals surface area contributed by atoms with Gasteiger partial charge in [-0.1, -0.05) is 18.2 Å². The molecule has 0 unspecified atom stereocenters. The van der Waals surface area contributed by atoms with Crippen LogP contribution in [0, 0.1) is 0 Å². The Kier molecular flexibility index (Phi) is 4.55. The van der Waals surface area contributed by atoms with E-state index in [1.165, 1.54) is 12.3 Å². The van der Waals surface area contributed by atoms with Gasteiger partial charge in [0.15, 0.2) is 0 Å². The molecule has 1 rings (SSSR count). The van der Waals surface area contributed by atoms with Crippen LogP contribution >= 0.6 is 11.6 Å². The number of primary amides is 1. The van der Waals surface area contributed by atoms with Gasteiger partial charge in [0.1, 0.15) is 11.8 Å². The van der Waals surface area contributed by atoms with E-state index in [4.69, 9.17) is 11.6 Å². The molecule has 1 aromatic rings. The minimum atomic E-state index is -3.94. The summed E-state index contributed by atoms with van der Waals surface area (Å²) >= 11 is 5.56. The van der Waals surface area contributed by atoms with Gasteiger partial charge in [-0.05, 0) is 12.1 Å². The maximum atomic E-state index is 13.8. The second-order valence-corrected chi connectivity index (χ2v) is 3.81. The Balaban J connectivity index is 2.94. The van der Waals surface area contributed by atoms with Crippen molar-refractivity contribution >= 4 is 23.5 Å². The van der Waals surface area contributed by atoms with Gasteiger partial charge >= 0.3 is 12.0 Å². The minimum Gasteiger partial charge on any atom is -0.445 e. The topological polar surface area (TPSA) is 82.3 Å². The van der Waals surface area contributed by atoms with Crippen LogP contribution in [0.3, 0.4) is 0 Å². The number of hydrogen-bond acceptors (Lipinski definition) is 4. The molecule has 5 nitrogen and oxygen atoms in total. The van der Waals surface area contributed by atoms with E-state index in [2.05, 4.69) is 22.0 Å². The van der Waals surface area contributed by atoms with Crippen molar-refractivity contribution in [3.63, 3.8) is 0 Å². The number of carbonyl (C=O) groups excluding carboxylic acids is 2. The molecule has 0 spiro atoms. The fourth-order valence-electron chi connectivity index (χ4n) is 1.13. The number of ether oxygens (including phenoxy) is 1. The van der Waals surface area contributed by atoms with Gasteiger partial charge in [0.05, 0.1) is 5.56 Å². The number of aromatic nitrogens is 1. The molecule has 19 heavy (non-hydrogen) atoms. The first-order chi connectivity index (χ1) is 8.76. The fourth-order valence-corrected chi connectivity index (χ4v) is 1.34. The van der Waals surface area contributed by atoms with E-state index in [0.29, 0.717) is 0 Å². The van der Waals surface area contributed by atoms with Crippen molar-refractivity contribution in [1.29, 1.82) is 0 Å². The van der Waals surface area contributed by atoms with Crippen LogP contribution in [0.15, 0.2) is 30.5 Å².